The molecule has 2 aliphatic rings. The van der Waals surface area contributed by atoms with E-state index >= 15 is 0 Å². The molecule has 7 nitrogen and oxygen atoms in total. The number of nitrogens with one attached hydrogen (secondary N) is 2. The van der Waals surface area contributed by atoms with E-state index in [9.17, 15) is 19.2 Å². The molecule has 1 aromatic heterocycles. The smallest absolute Gasteiger partial charge is 0.256 e. The number of imide groups is 1. The lowest BCUT2D eigenvalue weighted by Gasteiger charge is -2.25. The molecule has 128 valence electrons. The molecule has 24 heavy (non-hydrogen) atoms. The highest BCUT2D eigenvalue weighted by Gasteiger charge is 2.39. The highest BCUT2D eigenvalue weighted by Crippen LogP contribution is 2.33. The van der Waals surface area contributed by atoms with Crippen molar-refractivity contribution in [3.8, 4) is 0 Å². The van der Waals surface area contributed by atoms with Crippen molar-refractivity contribution in [2.45, 2.75) is 38.4 Å². The number of alkyl halides is 1. The van der Waals surface area contributed by atoms with Gasteiger partial charge >= 0.3 is 0 Å². The lowest BCUT2D eigenvalue weighted by Crippen LogP contribution is -2.47. The average molecular weight is 414 g/mol. The molecule has 0 spiro atoms. The summed E-state index contributed by atoms with van der Waals surface area (Å²) in [4.78, 5) is 50.1. The van der Waals surface area contributed by atoms with Gasteiger partial charge in [0.05, 0.1) is 17.4 Å². The van der Waals surface area contributed by atoms with E-state index in [1.165, 1.54) is 16.2 Å². The largest absolute Gasteiger partial charge is 0.350 e. The van der Waals surface area contributed by atoms with Crippen LogP contribution in [0.3, 0.4) is 0 Å². The third-order valence-electron chi connectivity index (χ3n) is 4.19. The molecular weight excluding hydrogens is 398 g/mol. The zero-order valence-electron chi connectivity index (χ0n) is 12.8. The van der Waals surface area contributed by atoms with Crippen molar-refractivity contribution >= 4 is 50.9 Å². The van der Waals surface area contributed by atoms with Gasteiger partial charge in [-0.15, -0.1) is 11.3 Å². The van der Waals surface area contributed by atoms with Gasteiger partial charge in [0.2, 0.25) is 17.7 Å². The molecule has 0 bridgehead atoms. The van der Waals surface area contributed by atoms with Gasteiger partial charge in [0, 0.05) is 23.2 Å². The minimum Gasteiger partial charge on any atom is -0.350 e. The van der Waals surface area contributed by atoms with Crippen LogP contribution >= 0.6 is 27.3 Å². The Morgan fingerprint density at radius 3 is 2.96 bits per heavy atom. The predicted molar refractivity (Wildman–Crippen MR) is 90.6 cm³/mol. The summed E-state index contributed by atoms with van der Waals surface area (Å²) in [5, 5.41) is 7.10. The van der Waals surface area contributed by atoms with Crippen LogP contribution in [-0.2, 0) is 27.5 Å². The number of carbonyl (C=O) groups is 4. The van der Waals surface area contributed by atoms with Crippen molar-refractivity contribution < 1.29 is 19.2 Å². The Balaban J connectivity index is 1.76. The van der Waals surface area contributed by atoms with Gasteiger partial charge in [-0.1, -0.05) is 15.9 Å². The summed E-state index contributed by atoms with van der Waals surface area (Å²) in [5.74, 6) is -1.01. The first kappa shape index (κ1) is 17.1. The van der Waals surface area contributed by atoms with Crippen LogP contribution in [0.4, 0.5) is 0 Å². The number of rotatable bonds is 4. The van der Waals surface area contributed by atoms with Crippen LogP contribution in [0, 0.1) is 0 Å². The van der Waals surface area contributed by atoms with Gasteiger partial charge in [-0.3, -0.25) is 24.5 Å². The third-order valence-corrected chi connectivity index (χ3v) is 5.73. The number of thiophene rings is 1. The second kappa shape index (κ2) is 7.02. The molecule has 0 aromatic carbocycles. The molecule has 0 saturated carbocycles. The molecule has 1 atom stereocenters. The highest BCUT2D eigenvalue weighted by atomic mass is 79.9. The summed E-state index contributed by atoms with van der Waals surface area (Å²) in [6, 6.07) is -0.619. The molecule has 2 N–H and O–H groups in total. The monoisotopic (exact) mass is 413 g/mol. The maximum atomic E-state index is 12.6. The zero-order chi connectivity index (χ0) is 17.3. The Kier molecular flexibility index (Phi) is 5.00. The van der Waals surface area contributed by atoms with Gasteiger partial charge < -0.3 is 10.2 Å². The molecule has 2 aliphatic heterocycles. The number of fused-ring (bicyclic) bond motifs is 1. The molecule has 1 aromatic rings. The van der Waals surface area contributed by atoms with Crippen LogP contribution < -0.4 is 10.6 Å². The van der Waals surface area contributed by atoms with Crippen molar-refractivity contribution in [3.63, 3.8) is 0 Å². The Labute approximate surface area is 150 Å². The van der Waals surface area contributed by atoms with Crippen molar-refractivity contribution in [3.05, 3.63) is 21.4 Å². The van der Waals surface area contributed by atoms with E-state index < -0.39 is 11.9 Å². The molecule has 3 rings (SSSR count). The van der Waals surface area contributed by atoms with E-state index in [2.05, 4.69) is 26.6 Å². The Bertz CT molecular complexity index is 718. The Morgan fingerprint density at radius 2 is 2.21 bits per heavy atom. The maximum absolute atomic E-state index is 12.6. The summed E-state index contributed by atoms with van der Waals surface area (Å²) in [7, 11) is 0. The first-order valence-corrected chi connectivity index (χ1v) is 9.58. The Morgan fingerprint density at radius 1 is 1.42 bits per heavy atom. The molecule has 0 radical (unpaired) electrons. The van der Waals surface area contributed by atoms with Crippen molar-refractivity contribution in [2.24, 2.45) is 0 Å². The second-order valence-electron chi connectivity index (χ2n) is 5.71. The van der Waals surface area contributed by atoms with E-state index in [1.54, 1.807) is 5.38 Å². The predicted octanol–water partition coefficient (Wildman–Crippen LogP) is 0.910. The molecule has 3 heterocycles. The number of carbonyl (C=O) groups excluding carboxylic acids is 4. The van der Waals surface area contributed by atoms with Crippen molar-refractivity contribution in [2.75, 3.05) is 5.33 Å². The van der Waals surface area contributed by atoms with Gasteiger partial charge in [-0.25, -0.2) is 0 Å². The van der Waals surface area contributed by atoms with Crippen LogP contribution in [0.15, 0.2) is 5.38 Å². The molecule has 4 amide bonds. The second-order valence-corrected chi connectivity index (χ2v) is 7.24. The minimum absolute atomic E-state index is 0.125. The number of halogens is 1. The average Bonchev–Trinajstić information content (AvgIpc) is 3.04. The van der Waals surface area contributed by atoms with Gasteiger partial charge in [0.15, 0.2) is 0 Å². The summed E-state index contributed by atoms with van der Waals surface area (Å²) in [5.41, 5.74) is 1.45. The highest BCUT2D eigenvalue weighted by molar-refractivity contribution is 9.09. The quantitative estimate of drug-likeness (QED) is 0.566. The van der Waals surface area contributed by atoms with Gasteiger partial charge in [0.1, 0.15) is 6.04 Å². The molecule has 0 aliphatic carbocycles. The van der Waals surface area contributed by atoms with E-state index in [-0.39, 0.29) is 23.1 Å². The molecular formula is C15H16BrN3O4S. The van der Waals surface area contributed by atoms with Crippen LogP contribution in [0.2, 0.25) is 0 Å². The van der Waals surface area contributed by atoms with E-state index in [4.69, 9.17) is 0 Å². The van der Waals surface area contributed by atoms with Crippen LogP contribution in [0.5, 0.6) is 0 Å². The third kappa shape index (κ3) is 3.23. The fourth-order valence-electron chi connectivity index (χ4n) is 2.97. The molecule has 1 fully saturated rings. The minimum atomic E-state index is -0.619. The van der Waals surface area contributed by atoms with Crippen molar-refractivity contribution in [1.29, 1.82) is 0 Å². The number of hydrogen-bond donors (Lipinski definition) is 2. The topological polar surface area (TPSA) is 95.6 Å². The summed E-state index contributed by atoms with van der Waals surface area (Å²) in [6.07, 6.45) is 1.36. The number of amides is 4. The number of hydrogen-bond acceptors (Lipinski definition) is 5. The van der Waals surface area contributed by atoms with Crippen LogP contribution in [0.25, 0.3) is 0 Å². The zero-order valence-corrected chi connectivity index (χ0v) is 15.2. The van der Waals surface area contributed by atoms with Crippen molar-refractivity contribution in [1.82, 2.24) is 15.5 Å². The lowest BCUT2D eigenvalue weighted by molar-refractivity contribution is -0.132. The fourth-order valence-corrected chi connectivity index (χ4v) is 4.14. The van der Waals surface area contributed by atoms with E-state index in [0.717, 1.165) is 10.4 Å². The fraction of sp³-hybridized carbons (Fsp3) is 0.467. The maximum Gasteiger partial charge on any atom is 0.256 e. The number of nitrogens with zero attached hydrogens (tertiary/aromatic N) is 1. The van der Waals surface area contributed by atoms with Gasteiger partial charge in [-0.2, -0.15) is 0 Å². The summed E-state index contributed by atoms with van der Waals surface area (Å²) in [6.45, 7) is 0.699. The van der Waals surface area contributed by atoms with Gasteiger partial charge in [-0.05, 0) is 18.4 Å². The van der Waals surface area contributed by atoms with E-state index in [1.807, 2.05) is 0 Å². The molecule has 0 unspecified atom stereocenters. The summed E-state index contributed by atoms with van der Waals surface area (Å²) >= 11 is 4.52. The van der Waals surface area contributed by atoms with Crippen LogP contribution in [0.1, 0.15) is 40.1 Å². The molecule has 9 heteroatoms. The lowest BCUT2D eigenvalue weighted by atomic mass is 10.1. The Hall–Kier alpha value is -1.74. The van der Waals surface area contributed by atoms with Crippen LogP contribution in [-0.4, -0.2) is 39.9 Å². The first-order chi connectivity index (χ1) is 11.5. The summed E-state index contributed by atoms with van der Waals surface area (Å²) < 4.78 is 0. The normalized spacial score (nSPS) is 20.6. The van der Waals surface area contributed by atoms with E-state index in [0.29, 0.717) is 37.9 Å². The van der Waals surface area contributed by atoms with Gasteiger partial charge in [0.25, 0.3) is 5.91 Å². The standard InChI is InChI=1S/C15H16BrN3O4S/c16-4-13(21)17-5-11-8-6-19(15(23)9(8)7-24-11)10-2-1-3-12(20)18-14(10)22/h7,10H,1-6H2,(H,17,21)(H,18,20,22)/t10-/m0/s1. The SMILES string of the molecule is O=C(CBr)NCc1scc2c1CN([C@H]1CCCC(=O)NC1=O)C2=O. The first-order valence-electron chi connectivity index (χ1n) is 7.57. The molecule has 1 saturated heterocycles.